The van der Waals surface area contributed by atoms with E-state index in [-0.39, 0.29) is 11.5 Å². The second kappa shape index (κ2) is 8.37. The largest absolute Gasteiger partial charge is 0.293 e. The first-order chi connectivity index (χ1) is 13.7. The zero-order valence-electron chi connectivity index (χ0n) is 14.7. The minimum absolute atomic E-state index is 0.0363. The van der Waals surface area contributed by atoms with E-state index in [0.29, 0.717) is 21.6 Å². The maximum atomic E-state index is 12.5. The van der Waals surface area contributed by atoms with Gasteiger partial charge in [0.1, 0.15) is 0 Å². The molecule has 2 heterocycles. The van der Waals surface area contributed by atoms with Gasteiger partial charge in [0.05, 0.1) is 11.4 Å². The van der Waals surface area contributed by atoms with E-state index in [2.05, 4.69) is 15.2 Å². The Morgan fingerprint density at radius 3 is 2.61 bits per heavy atom. The highest BCUT2D eigenvalue weighted by Gasteiger charge is 2.18. The van der Waals surface area contributed by atoms with E-state index in [4.69, 9.17) is 11.6 Å². The highest BCUT2D eigenvalue weighted by Crippen LogP contribution is 2.29. The molecule has 0 amide bonds. The molecule has 0 atom stereocenters. The van der Waals surface area contributed by atoms with Gasteiger partial charge < -0.3 is 0 Å². The van der Waals surface area contributed by atoms with Crippen LogP contribution in [0.25, 0.3) is 17.1 Å². The third-order valence-electron chi connectivity index (χ3n) is 4.05. The van der Waals surface area contributed by atoms with Crippen LogP contribution in [0.3, 0.4) is 0 Å². The van der Waals surface area contributed by atoms with Crippen LogP contribution < -0.4 is 0 Å². The molecule has 0 saturated carbocycles. The molecule has 0 spiro atoms. The van der Waals surface area contributed by atoms with Gasteiger partial charge >= 0.3 is 0 Å². The van der Waals surface area contributed by atoms with Crippen molar-refractivity contribution in [3.63, 3.8) is 0 Å². The molecule has 0 aliphatic heterocycles. The number of halogens is 1. The first-order valence-electron chi connectivity index (χ1n) is 8.55. The lowest BCUT2D eigenvalue weighted by molar-refractivity contribution is 0.102. The number of thioether (sulfide) groups is 1. The average molecular weight is 407 g/mol. The number of rotatable bonds is 6. The summed E-state index contributed by atoms with van der Waals surface area (Å²) in [4.78, 5) is 16.7. The molecule has 2 aromatic heterocycles. The summed E-state index contributed by atoms with van der Waals surface area (Å²) < 4.78 is 1.89. The minimum atomic E-state index is 0.0363. The molecule has 28 heavy (non-hydrogen) atoms. The lowest BCUT2D eigenvalue weighted by atomic mass is 10.2. The van der Waals surface area contributed by atoms with Crippen LogP contribution in [0.5, 0.6) is 0 Å². The molecular weight excluding hydrogens is 392 g/mol. The number of Topliss-reactive ketones (excluding diaryl/α,β-unsaturated/α-hetero) is 1. The van der Waals surface area contributed by atoms with Crippen molar-refractivity contribution in [3.05, 3.63) is 89.7 Å². The number of ketones is 1. The maximum absolute atomic E-state index is 12.5. The van der Waals surface area contributed by atoms with Gasteiger partial charge in [-0.05, 0) is 30.3 Å². The number of hydrogen-bond acceptors (Lipinski definition) is 5. The standard InChI is InChI=1S/C21H15ClN4OS/c22-17-9-4-10-18(12-17)26-20(16-8-5-11-23-13-16)24-25-21(26)28-14-19(27)15-6-2-1-3-7-15/h1-13H,14H2. The number of aromatic nitrogens is 4. The predicted molar refractivity (Wildman–Crippen MR) is 111 cm³/mol. The quantitative estimate of drug-likeness (QED) is 0.334. The van der Waals surface area contributed by atoms with Gasteiger partial charge in [0.15, 0.2) is 16.8 Å². The van der Waals surface area contributed by atoms with Crippen LogP contribution in [0.4, 0.5) is 0 Å². The highest BCUT2D eigenvalue weighted by molar-refractivity contribution is 7.99. The van der Waals surface area contributed by atoms with Crippen molar-refractivity contribution in [1.82, 2.24) is 19.7 Å². The molecule has 4 rings (SSSR count). The Bertz CT molecular complexity index is 1100. The van der Waals surface area contributed by atoms with Crippen LogP contribution in [0, 0.1) is 0 Å². The second-order valence-corrected chi connectivity index (χ2v) is 7.32. The Hall–Kier alpha value is -2.96. The summed E-state index contributed by atoms with van der Waals surface area (Å²) in [6.45, 7) is 0. The summed E-state index contributed by atoms with van der Waals surface area (Å²) in [5.41, 5.74) is 2.33. The zero-order valence-corrected chi connectivity index (χ0v) is 16.3. The maximum Gasteiger partial charge on any atom is 0.196 e. The number of nitrogens with zero attached hydrogens (tertiary/aromatic N) is 4. The molecule has 0 aliphatic carbocycles. The van der Waals surface area contributed by atoms with Crippen LogP contribution in [0.1, 0.15) is 10.4 Å². The van der Waals surface area contributed by atoms with Gasteiger partial charge in [-0.1, -0.05) is 59.8 Å². The normalized spacial score (nSPS) is 10.8. The number of pyridine rings is 1. The van der Waals surface area contributed by atoms with Gasteiger partial charge in [-0.2, -0.15) is 0 Å². The summed E-state index contributed by atoms with van der Waals surface area (Å²) in [6, 6.07) is 20.4. The van der Waals surface area contributed by atoms with E-state index in [1.807, 2.05) is 71.3 Å². The Morgan fingerprint density at radius 2 is 1.86 bits per heavy atom. The summed E-state index contributed by atoms with van der Waals surface area (Å²) in [6.07, 6.45) is 3.44. The number of benzene rings is 2. The molecule has 0 unspecified atom stereocenters. The molecule has 7 heteroatoms. The van der Waals surface area contributed by atoms with E-state index in [9.17, 15) is 4.79 Å². The Balaban J connectivity index is 1.69. The molecule has 0 bridgehead atoms. The monoisotopic (exact) mass is 406 g/mol. The van der Waals surface area contributed by atoms with E-state index in [1.165, 1.54) is 11.8 Å². The van der Waals surface area contributed by atoms with Gasteiger partial charge in [0.25, 0.3) is 0 Å². The van der Waals surface area contributed by atoms with Crippen LogP contribution in [0.15, 0.2) is 84.3 Å². The average Bonchev–Trinajstić information content (AvgIpc) is 3.17. The predicted octanol–water partition coefficient (Wildman–Crippen LogP) is 4.96. The molecule has 0 saturated heterocycles. The van der Waals surface area contributed by atoms with Gasteiger partial charge in [0.2, 0.25) is 0 Å². The fourth-order valence-electron chi connectivity index (χ4n) is 2.73. The van der Waals surface area contributed by atoms with Gasteiger partial charge in [0, 0.05) is 28.5 Å². The second-order valence-electron chi connectivity index (χ2n) is 5.94. The van der Waals surface area contributed by atoms with E-state index < -0.39 is 0 Å². The number of carbonyl (C=O) groups excluding carboxylic acids is 1. The number of carbonyl (C=O) groups is 1. The summed E-state index contributed by atoms with van der Waals surface area (Å²) >= 11 is 7.54. The molecule has 0 fully saturated rings. The van der Waals surface area contributed by atoms with E-state index >= 15 is 0 Å². The Kier molecular flexibility index (Phi) is 5.50. The first-order valence-corrected chi connectivity index (χ1v) is 9.91. The minimum Gasteiger partial charge on any atom is -0.293 e. The van der Waals surface area contributed by atoms with Crippen LogP contribution in [0.2, 0.25) is 5.02 Å². The Labute approximate surface area is 171 Å². The molecule has 138 valence electrons. The smallest absolute Gasteiger partial charge is 0.196 e. The molecule has 5 nitrogen and oxygen atoms in total. The summed E-state index contributed by atoms with van der Waals surface area (Å²) in [5.74, 6) is 0.939. The zero-order chi connectivity index (χ0) is 19.3. The summed E-state index contributed by atoms with van der Waals surface area (Å²) in [5, 5.41) is 9.88. The van der Waals surface area contributed by atoms with Crippen LogP contribution >= 0.6 is 23.4 Å². The van der Waals surface area contributed by atoms with E-state index in [0.717, 1.165) is 11.3 Å². The third-order valence-corrected chi connectivity index (χ3v) is 5.21. The SMILES string of the molecule is O=C(CSc1nnc(-c2cccnc2)n1-c1cccc(Cl)c1)c1ccccc1. The van der Waals surface area contributed by atoms with Crippen LogP contribution in [-0.4, -0.2) is 31.3 Å². The van der Waals surface area contributed by atoms with Gasteiger partial charge in [-0.25, -0.2) is 0 Å². The molecule has 2 aromatic carbocycles. The number of hydrogen-bond donors (Lipinski definition) is 0. The van der Waals surface area contributed by atoms with E-state index in [1.54, 1.807) is 12.4 Å². The Morgan fingerprint density at radius 1 is 1.00 bits per heavy atom. The van der Waals surface area contributed by atoms with Crippen molar-refractivity contribution < 1.29 is 4.79 Å². The summed E-state index contributed by atoms with van der Waals surface area (Å²) in [7, 11) is 0. The molecule has 0 aliphatic rings. The topological polar surface area (TPSA) is 60.7 Å². The van der Waals surface area contributed by atoms with Crippen molar-refractivity contribution in [2.24, 2.45) is 0 Å². The highest BCUT2D eigenvalue weighted by atomic mass is 35.5. The van der Waals surface area contributed by atoms with Crippen molar-refractivity contribution in [1.29, 1.82) is 0 Å². The van der Waals surface area contributed by atoms with Gasteiger partial charge in [-0.15, -0.1) is 10.2 Å². The molecule has 4 aromatic rings. The van der Waals surface area contributed by atoms with Crippen molar-refractivity contribution >= 4 is 29.1 Å². The fourth-order valence-corrected chi connectivity index (χ4v) is 3.76. The first kappa shape index (κ1) is 18.4. The van der Waals surface area contributed by atoms with Crippen molar-refractivity contribution in [2.45, 2.75) is 5.16 Å². The van der Waals surface area contributed by atoms with Crippen molar-refractivity contribution in [2.75, 3.05) is 5.75 Å². The fraction of sp³-hybridized carbons (Fsp3) is 0.0476. The molecular formula is C21H15ClN4OS. The van der Waals surface area contributed by atoms with Crippen molar-refractivity contribution in [3.8, 4) is 17.1 Å². The molecule has 0 radical (unpaired) electrons. The van der Waals surface area contributed by atoms with Gasteiger partial charge in [-0.3, -0.25) is 14.3 Å². The third kappa shape index (κ3) is 3.98. The molecule has 0 N–H and O–H groups in total. The lowest BCUT2D eigenvalue weighted by Gasteiger charge is -2.10. The van der Waals surface area contributed by atoms with Crippen LogP contribution in [-0.2, 0) is 0 Å². The lowest BCUT2D eigenvalue weighted by Crippen LogP contribution is -2.05.